The molecular formula is C22H22N4O3S. The van der Waals surface area contributed by atoms with Crippen LogP contribution in [-0.2, 0) is 6.54 Å². The number of aryl methyl sites for hydroxylation is 1. The summed E-state index contributed by atoms with van der Waals surface area (Å²) < 4.78 is 9.24. The summed E-state index contributed by atoms with van der Waals surface area (Å²) in [5.41, 5.74) is 1.94. The zero-order chi connectivity index (χ0) is 20.7. The Balaban J connectivity index is 1.75. The molecule has 0 unspecified atom stereocenters. The lowest BCUT2D eigenvalue weighted by Gasteiger charge is -2.24. The van der Waals surface area contributed by atoms with E-state index in [-0.39, 0.29) is 23.8 Å². The molecule has 0 aliphatic carbocycles. The van der Waals surface area contributed by atoms with Crippen molar-refractivity contribution in [2.75, 3.05) is 13.1 Å². The van der Waals surface area contributed by atoms with Crippen LogP contribution in [0.1, 0.15) is 30.3 Å². The number of hydrogen-bond acceptors (Lipinski definition) is 6. The first kappa shape index (κ1) is 19.0. The van der Waals surface area contributed by atoms with Gasteiger partial charge in [-0.3, -0.25) is 13.9 Å². The number of nitrogens with one attached hydrogen (secondary N) is 1. The maximum absolute atomic E-state index is 13.5. The lowest BCUT2D eigenvalue weighted by atomic mass is 10.1. The fourth-order valence-electron chi connectivity index (χ4n) is 4.07. The summed E-state index contributed by atoms with van der Waals surface area (Å²) in [6, 6.07) is 11.8. The minimum Gasteiger partial charge on any atom is -0.446 e. The van der Waals surface area contributed by atoms with Gasteiger partial charge in [-0.2, -0.15) is 0 Å². The van der Waals surface area contributed by atoms with Crippen LogP contribution in [0.5, 0.6) is 0 Å². The molecule has 0 spiro atoms. The van der Waals surface area contributed by atoms with Crippen molar-refractivity contribution < 1.29 is 4.42 Å². The van der Waals surface area contributed by atoms with Gasteiger partial charge in [-0.05, 0) is 44.5 Å². The lowest BCUT2D eigenvalue weighted by molar-refractivity contribution is 0.345. The maximum Gasteiger partial charge on any atom is 0.332 e. The van der Waals surface area contributed by atoms with E-state index in [0.29, 0.717) is 16.0 Å². The molecule has 0 radical (unpaired) electrons. The Bertz CT molecular complexity index is 1310. The Kier molecular flexibility index (Phi) is 4.88. The van der Waals surface area contributed by atoms with Gasteiger partial charge in [-0.1, -0.05) is 30.3 Å². The van der Waals surface area contributed by atoms with Crippen LogP contribution in [0.4, 0.5) is 0 Å². The molecule has 0 amide bonds. The van der Waals surface area contributed by atoms with Gasteiger partial charge in [0.05, 0.1) is 17.8 Å². The maximum atomic E-state index is 13.5. The molecule has 1 saturated heterocycles. The van der Waals surface area contributed by atoms with E-state index >= 15 is 0 Å². The van der Waals surface area contributed by atoms with Crippen molar-refractivity contribution in [3.05, 3.63) is 75.1 Å². The molecule has 1 aromatic carbocycles. The molecule has 0 atom stereocenters. The summed E-state index contributed by atoms with van der Waals surface area (Å²) in [6.07, 6.45) is 2.91. The fraction of sp³-hybridized carbons (Fsp3) is 0.318. The zero-order valence-corrected chi connectivity index (χ0v) is 17.4. The van der Waals surface area contributed by atoms with Crippen LogP contribution in [0.3, 0.4) is 0 Å². The third-order valence-electron chi connectivity index (χ3n) is 5.73. The van der Waals surface area contributed by atoms with Crippen LogP contribution >= 0.6 is 11.3 Å². The minimum atomic E-state index is -0.285. The molecule has 5 rings (SSSR count). The van der Waals surface area contributed by atoms with Crippen molar-refractivity contribution in [3.63, 3.8) is 0 Å². The van der Waals surface area contributed by atoms with Crippen LogP contribution in [0.15, 0.2) is 56.8 Å². The number of oxazole rings is 1. The zero-order valence-electron chi connectivity index (χ0n) is 16.6. The summed E-state index contributed by atoms with van der Waals surface area (Å²) >= 11 is 1.44. The van der Waals surface area contributed by atoms with Gasteiger partial charge in [0.2, 0.25) is 0 Å². The second-order valence-electron chi connectivity index (χ2n) is 7.58. The molecule has 4 aromatic rings. The van der Waals surface area contributed by atoms with Crippen molar-refractivity contribution in [3.8, 4) is 10.4 Å². The van der Waals surface area contributed by atoms with E-state index in [4.69, 9.17) is 4.42 Å². The Hall–Kier alpha value is -2.97. The van der Waals surface area contributed by atoms with Crippen LogP contribution in [0.25, 0.3) is 20.7 Å². The number of fused-ring (bicyclic) bond motifs is 1. The van der Waals surface area contributed by atoms with Crippen LogP contribution < -0.4 is 16.6 Å². The van der Waals surface area contributed by atoms with Crippen LogP contribution in [0, 0.1) is 6.92 Å². The summed E-state index contributed by atoms with van der Waals surface area (Å²) in [6.45, 7) is 3.70. The first-order valence-electron chi connectivity index (χ1n) is 10.1. The highest BCUT2D eigenvalue weighted by atomic mass is 32.1. The number of aromatic nitrogens is 3. The monoisotopic (exact) mass is 422 g/mol. The van der Waals surface area contributed by atoms with Crippen molar-refractivity contribution in [2.45, 2.75) is 32.4 Å². The highest BCUT2D eigenvalue weighted by molar-refractivity contribution is 7.22. The summed E-state index contributed by atoms with van der Waals surface area (Å²) in [7, 11) is 0. The van der Waals surface area contributed by atoms with E-state index in [1.807, 2.05) is 43.3 Å². The highest BCUT2D eigenvalue weighted by Crippen LogP contribution is 2.32. The molecule has 0 saturated carbocycles. The first-order valence-corrected chi connectivity index (χ1v) is 10.9. The molecule has 1 N–H and O–H groups in total. The van der Waals surface area contributed by atoms with Crippen molar-refractivity contribution in [2.24, 2.45) is 0 Å². The molecule has 4 heterocycles. The average Bonchev–Trinajstić information content (AvgIpc) is 3.39. The minimum absolute atomic E-state index is 0.0972. The molecule has 30 heavy (non-hydrogen) atoms. The molecule has 154 valence electrons. The SMILES string of the molecule is Cc1ncoc1Cn1c(=O)n(C2CCNCC2)c(=O)c2sc(-c3ccccc3)cc21. The highest BCUT2D eigenvalue weighted by Gasteiger charge is 2.24. The smallest absolute Gasteiger partial charge is 0.332 e. The van der Waals surface area contributed by atoms with Gasteiger partial charge in [0.25, 0.3) is 5.56 Å². The predicted molar refractivity (Wildman–Crippen MR) is 117 cm³/mol. The van der Waals surface area contributed by atoms with Crippen molar-refractivity contribution in [1.82, 2.24) is 19.4 Å². The van der Waals surface area contributed by atoms with Crippen LogP contribution in [0.2, 0.25) is 0 Å². The molecule has 1 aliphatic rings. The number of nitrogens with zero attached hydrogens (tertiary/aromatic N) is 3. The van der Waals surface area contributed by atoms with Crippen molar-refractivity contribution >= 4 is 21.6 Å². The Labute approximate surface area is 176 Å². The molecule has 0 bridgehead atoms. The molecule has 1 aliphatic heterocycles. The molecule has 3 aromatic heterocycles. The summed E-state index contributed by atoms with van der Waals surface area (Å²) in [4.78, 5) is 32.1. The second kappa shape index (κ2) is 7.70. The van der Waals surface area contributed by atoms with E-state index in [0.717, 1.165) is 42.1 Å². The summed E-state index contributed by atoms with van der Waals surface area (Å²) in [5, 5.41) is 3.30. The number of hydrogen-bond donors (Lipinski definition) is 1. The normalized spacial score (nSPS) is 15.1. The quantitative estimate of drug-likeness (QED) is 0.546. The van der Waals surface area contributed by atoms with Gasteiger partial charge in [0, 0.05) is 10.9 Å². The van der Waals surface area contributed by atoms with Gasteiger partial charge in [-0.25, -0.2) is 9.78 Å². The number of piperidine rings is 1. The summed E-state index contributed by atoms with van der Waals surface area (Å²) in [5.74, 6) is 0.626. The lowest BCUT2D eigenvalue weighted by Crippen LogP contribution is -2.45. The van der Waals surface area contributed by atoms with E-state index in [1.165, 1.54) is 22.3 Å². The fourth-order valence-corrected chi connectivity index (χ4v) is 5.17. The first-order chi connectivity index (χ1) is 14.6. The Morgan fingerprint density at radius 1 is 1.20 bits per heavy atom. The molecular weight excluding hydrogens is 400 g/mol. The standard InChI is InChI=1S/C22H22N4O3S/c1-14-18(29-13-24-14)12-25-17-11-19(15-5-3-2-4-6-15)30-20(17)21(27)26(22(25)28)16-7-9-23-10-8-16/h2-6,11,13,16,23H,7-10,12H2,1H3. The predicted octanol–water partition coefficient (Wildman–Crippen LogP) is 3.16. The third kappa shape index (κ3) is 3.22. The topological polar surface area (TPSA) is 82.1 Å². The van der Waals surface area contributed by atoms with E-state index in [9.17, 15) is 9.59 Å². The second-order valence-corrected chi connectivity index (χ2v) is 8.63. The molecule has 1 fully saturated rings. The van der Waals surface area contributed by atoms with E-state index in [2.05, 4.69) is 10.3 Å². The van der Waals surface area contributed by atoms with Gasteiger partial charge >= 0.3 is 5.69 Å². The largest absolute Gasteiger partial charge is 0.446 e. The van der Waals surface area contributed by atoms with Gasteiger partial charge in [0.15, 0.2) is 6.39 Å². The Morgan fingerprint density at radius 2 is 1.97 bits per heavy atom. The van der Waals surface area contributed by atoms with Crippen molar-refractivity contribution in [1.29, 1.82) is 0 Å². The number of rotatable bonds is 4. The van der Waals surface area contributed by atoms with E-state index in [1.54, 1.807) is 4.57 Å². The molecule has 8 heteroatoms. The number of thiophene rings is 1. The van der Waals surface area contributed by atoms with Gasteiger partial charge in [-0.15, -0.1) is 11.3 Å². The molecule has 7 nitrogen and oxygen atoms in total. The number of benzene rings is 1. The Morgan fingerprint density at radius 3 is 2.67 bits per heavy atom. The van der Waals surface area contributed by atoms with Gasteiger partial charge in [0.1, 0.15) is 10.5 Å². The van der Waals surface area contributed by atoms with Crippen LogP contribution in [-0.4, -0.2) is 27.2 Å². The van der Waals surface area contributed by atoms with Gasteiger partial charge < -0.3 is 9.73 Å². The average molecular weight is 423 g/mol. The van der Waals surface area contributed by atoms with E-state index < -0.39 is 0 Å². The third-order valence-corrected chi connectivity index (χ3v) is 6.89.